The van der Waals surface area contributed by atoms with Crippen LogP contribution in [0.5, 0.6) is 0 Å². The third-order valence-electron chi connectivity index (χ3n) is 3.16. The Kier molecular flexibility index (Phi) is 10.6. The first-order chi connectivity index (χ1) is 8.64. The molecule has 0 aromatic carbocycles. The van der Waals surface area contributed by atoms with Gasteiger partial charge in [0.25, 0.3) is 0 Å². The zero-order valence-electron chi connectivity index (χ0n) is 12.4. The summed E-state index contributed by atoms with van der Waals surface area (Å²) in [5.41, 5.74) is 5.79. The smallest absolute Gasteiger partial charge is 0.0659 e. The molecule has 0 radical (unpaired) electrons. The minimum Gasteiger partial charge on any atom is -0.385 e. The van der Waals surface area contributed by atoms with Crippen LogP contribution in [-0.2, 0) is 14.2 Å². The minimum absolute atomic E-state index is 0.137. The standard InChI is InChI=1S/C13H30N2O3/c1-5-18-12-13(2,11-14)15(8-10-17-4)7-6-9-16-3/h5-12,14H2,1-4H3. The predicted octanol–water partition coefficient (Wildman–Crippen LogP) is 0.725. The Balaban J connectivity index is 4.43. The van der Waals surface area contributed by atoms with Gasteiger partial charge in [-0.05, 0) is 20.3 Å². The van der Waals surface area contributed by atoms with Gasteiger partial charge < -0.3 is 19.9 Å². The highest BCUT2D eigenvalue weighted by Gasteiger charge is 2.30. The maximum absolute atomic E-state index is 5.93. The van der Waals surface area contributed by atoms with Crippen molar-refractivity contribution in [1.82, 2.24) is 4.90 Å². The molecule has 1 unspecified atom stereocenters. The van der Waals surface area contributed by atoms with Crippen LogP contribution in [0, 0.1) is 0 Å². The quantitative estimate of drug-likeness (QED) is 0.525. The van der Waals surface area contributed by atoms with E-state index in [1.165, 1.54) is 0 Å². The second-order valence-corrected chi connectivity index (χ2v) is 4.66. The van der Waals surface area contributed by atoms with Gasteiger partial charge in [-0.1, -0.05) is 0 Å². The number of nitrogens with two attached hydrogens (primary N) is 1. The van der Waals surface area contributed by atoms with Crippen LogP contribution >= 0.6 is 0 Å². The number of hydrogen-bond acceptors (Lipinski definition) is 5. The highest BCUT2D eigenvalue weighted by atomic mass is 16.5. The SMILES string of the molecule is CCOCC(C)(CN)N(CCCOC)CCOC. The molecule has 5 heteroatoms. The van der Waals surface area contributed by atoms with E-state index in [1.54, 1.807) is 14.2 Å². The van der Waals surface area contributed by atoms with Gasteiger partial charge in [0.2, 0.25) is 0 Å². The lowest BCUT2D eigenvalue weighted by molar-refractivity contribution is -0.00457. The molecule has 1 atom stereocenters. The summed E-state index contributed by atoms with van der Waals surface area (Å²) in [6, 6.07) is 0. The fourth-order valence-corrected chi connectivity index (χ4v) is 1.85. The molecule has 0 aromatic rings. The van der Waals surface area contributed by atoms with E-state index < -0.39 is 0 Å². The van der Waals surface area contributed by atoms with Gasteiger partial charge in [-0.25, -0.2) is 0 Å². The molecule has 0 aliphatic rings. The largest absolute Gasteiger partial charge is 0.385 e. The maximum atomic E-state index is 5.93. The van der Waals surface area contributed by atoms with Crippen molar-refractivity contribution in [3.05, 3.63) is 0 Å². The van der Waals surface area contributed by atoms with Gasteiger partial charge in [0, 0.05) is 47.1 Å². The van der Waals surface area contributed by atoms with Gasteiger partial charge in [-0.3, -0.25) is 4.90 Å². The van der Waals surface area contributed by atoms with Crippen LogP contribution in [0.2, 0.25) is 0 Å². The van der Waals surface area contributed by atoms with Crippen molar-refractivity contribution in [3.8, 4) is 0 Å². The Morgan fingerprint density at radius 3 is 2.28 bits per heavy atom. The van der Waals surface area contributed by atoms with Gasteiger partial charge >= 0.3 is 0 Å². The molecule has 110 valence electrons. The normalized spacial score (nSPS) is 15.0. The van der Waals surface area contributed by atoms with Gasteiger partial charge in [0.05, 0.1) is 18.8 Å². The van der Waals surface area contributed by atoms with E-state index in [9.17, 15) is 0 Å². The summed E-state index contributed by atoms with van der Waals surface area (Å²) in [6.45, 7) is 9.35. The molecular formula is C13H30N2O3. The molecular weight excluding hydrogens is 232 g/mol. The third-order valence-corrected chi connectivity index (χ3v) is 3.16. The molecule has 2 N–H and O–H groups in total. The van der Waals surface area contributed by atoms with Crippen LogP contribution < -0.4 is 5.73 Å². The first kappa shape index (κ1) is 17.8. The Hall–Kier alpha value is -0.200. The number of nitrogens with zero attached hydrogens (tertiary/aromatic N) is 1. The van der Waals surface area contributed by atoms with E-state index in [2.05, 4.69) is 11.8 Å². The van der Waals surface area contributed by atoms with E-state index in [-0.39, 0.29) is 5.54 Å². The number of hydrogen-bond donors (Lipinski definition) is 1. The van der Waals surface area contributed by atoms with Crippen LogP contribution in [0.15, 0.2) is 0 Å². The van der Waals surface area contributed by atoms with E-state index >= 15 is 0 Å². The maximum Gasteiger partial charge on any atom is 0.0659 e. The van der Waals surface area contributed by atoms with Crippen molar-refractivity contribution in [2.75, 3.05) is 60.3 Å². The van der Waals surface area contributed by atoms with Crippen LogP contribution in [-0.4, -0.2) is 70.7 Å². The van der Waals surface area contributed by atoms with Gasteiger partial charge in [0.15, 0.2) is 0 Å². The summed E-state index contributed by atoms with van der Waals surface area (Å²) in [6.07, 6.45) is 0.988. The summed E-state index contributed by atoms with van der Waals surface area (Å²) in [7, 11) is 3.44. The Bertz CT molecular complexity index is 193. The fourth-order valence-electron chi connectivity index (χ4n) is 1.85. The Morgan fingerprint density at radius 2 is 1.78 bits per heavy atom. The first-order valence-electron chi connectivity index (χ1n) is 6.65. The molecule has 0 heterocycles. The molecule has 0 spiro atoms. The zero-order chi connectivity index (χ0) is 13.9. The van der Waals surface area contributed by atoms with E-state index in [4.69, 9.17) is 19.9 Å². The lowest BCUT2D eigenvalue weighted by Gasteiger charge is -2.40. The molecule has 0 amide bonds. The first-order valence-corrected chi connectivity index (χ1v) is 6.65. The van der Waals surface area contributed by atoms with Crippen molar-refractivity contribution < 1.29 is 14.2 Å². The van der Waals surface area contributed by atoms with Crippen LogP contribution in [0.1, 0.15) is 20.3 Å². The zero-order valence-corrected chi connectivity index (χ0v) is 12.4. The molecule has 18 heavy (non-hydrogen) atoms. The van der Waals surface area contributed by atoms with Crippen molar-refractivity contribution in [3.63, 3.8) is 0 Å². The van der Waals surface area contributed by atoms with Crippen molar-refractivity contribution in [2.45, 2.75) is 25.8 Å². The Morgan fingerprint density at radius 1 is 1.11 bits per heavy atom. The lowest BCUT2D eigenvalue weighted by Crippen LogP contribution is -2.56. The van der Waals surface area contributed by atoms with Crippen molar-refractivity contribution >= 4 is 0 Å². The van der Waals surface area contributed by atoms with Gasteiger partial charge in [0.1, 0.15) is 0 Å². The molecule has 0 aromatic heterocycles. The van der Waals surface area contributed by atoms with Crippen molar-refractivity contribution in [2.24, 2.45) is 5.73 Å². The van der Waals surface area contributed by atoms with Gasteiger partial charge in [-0.15, -0.1) is 0 Å². The Labute approximate surface area is 112 Å². The van der Waals surface area contributed by atoms with E-state index in [0.717, 1.165) is 26.1 Å². The molecule has 0 aliphatic carbocycles. The number of ether oxygens (including phenoxy) is 3. The molecule has 0 rings (SSSR count). The van der Waals surface area contributed by atoms with E-state index in [0.29, 0.717) is 26.4 Å². The van der Waals surface area contributed by atoms with Crippen LogP contribution in [0.4, 0.5) is 0 Å². The summed E-state index contributed by atoms with van der Waals surface area (Å²) >= 11 is 0. The number of rotatable bonds is 12. The summed E-state index contributed by atoms with van der Waals surface area (Å²) < 4.78 is 15.8. The minimum atomic E-state index is -0.137. The highest BCUT2D eigenvalue weighted by Crippen LogP contribution is 2.15. The lowest BCUT2D eigenvalue weighted by atomic mass is 10.0. The monoisotopic (exact) mass is 262 g/mol. The average molecular weight is 262 g/mol. The predicted molar refractivity (Wildman–Crippen MR) is 73.9 cm³/mol. The third kappa shape index (κ3) is 6.66. The summed E-state index contributed by atoms with van der Waals surface area (Å²) in [4.78, 5) is 2.34. The molecule has 0 bridgehead atoms. The van der Waals surface area contributed by atoms with E-state index in [1.807, 2.05) is 6.92 Å². The van der Waals surface area contributed by atoms with Crippen molar-refractivity contribution in [1.29, 1.82) is 0 Å². The molecule has 0 saturated carbocycles. The second-order valence-electron chi connectivity index (χ2n) is 4.66. The second kappa shape index (κ2) is 10.7. The summed E-state index contributed by atoms with van der Waals surface area (Å²) in [5, 5.41) is 0. The average Bonchev–Trinajstić information content (AvgIpc) is 2.40. The molecule has 0 aliphatic heterocycles. The van der Waals surface area contributed by atoms with Crippen LogP contribution in [0.25, 0.3) is 0 Å². The molecule has 0 saturated heterocycles. The topological polar surface area (TPSA) is 57.0 Å². The molecule has 0 fully saturated rings. The van der Waals surface area contributed by atoms with Crippen LogP contribution in [0.3, 0.4) is 0 Å². The molecule has 5 nitrogen and oxygen atoms in total. The fraction of sp³-hybridized carbons (Fsp3) is 1.00. The summed E-state index contributed by atoms with van der Waals surface area (Å²) in [5.74, 6) is 0. The van der Waals surface area contributed by atoms with Gasteiger partial charge in [-0.2, -0.15) is 0 Å². The number of methoxy groups -OCH3 is 2. The highest BCUT2D eigenvalue weighted by molar-refractivity contribution is 4.87.